The molecule has 2 aliphatic heterocycles. The smallest absolute Gasteiger partial charge is 0.332 e. The Balaban J connectivity index is 1.35. The topological polar surface area (TPSA) is 77.2 Å². The van der Waals surface area contributed by atoms with Crippen molar-refractivity contribution in [2.45, 2.75) is 50.9 Å². The molecule has 1 aromatic carbocycles. The predicted octanol–water partition coefficient (Wildman–Crippen LogP) is 1.26. The SMILES string of the molecule is O=C(N1CCC2(CC1)Cc1nn(Cc3ccc(F)cc3)c(=O)c(=O)n1C2)C1(F)CC1. The van der Waals surface area contributed by atoms with Crippen LogP contribution in [0.5, 0.6) is 0 Å². The summed E-state index contributed by atoms with van der Waals surface area (Å²) in [4.78, 5) is 39.1. The Hall–Kier alpha value is -2.84. The molecule has 30 heavy (non-hydrogen) atoms. The van der Waals surface area contributed by atoms with Gasteiger partial charge in [-0.15, -0.1) is 0 Å². The number of carbonyl (C=O) groups excluding carboxylic acids is 1. The molecule has 1 saturated heterocycles. The number of aromatic nitrogens is 3. The Labute approximate surface area is 170 Å². The molecule has 3 aliphatic rings. The van der Waals surface area contributed by atoms with Gasteiger partial charge < -0.3 is 4.90 Å². The number of fused-ring (bicyclic) bond motifs is 1. The molecule has 0 radical (unpaired) electrons. The number of benzene rings is 1. The zero-order valence-corrected chi connectivity index (χ0v) is 16.4. The van der Waals surface area contributed by atoms with Crippen LogP contribution in [0.2, 0.25) is 0 Å². The van der Waals surface area contributed by atoms with Crippen LogP contribution < -0.4 is 11.1 Å². The van der Waals surface area contributed by atoms with Gasteiger partial charge in [0.1, 0.15) is 11.6 Å². The lowest BCUT2D eigenvalue weighted by Gasteiger charge is -2.39. The van der Waals surface area contributed by atoms with E-state index < -0.39 is 22.7 Å². The molecule has 0 unspecified atom stereocenters. The molecule has 9 heteroatoms. The van der Waals surface area contributed by atoms with Gasteiger partial charge in [0.15, 0.2) is 5.67 Å². The van der Waals surface area contributed by atoms with Crippen LogP contribution in [0.15, 0.2) is 33.9 Å². The molecule has 7 nitrogen and oxygen atoms in total. The standard InChI is InChI=1S/C21H22F2N4O3/c22-15-3-1-14(2-4-15)12-27-18(29)17(28)26-13-20(11-16(26)24-27)7-9-25(10-8-20)19(30)21(23)5-6-21/h1-4H,5-13H2. The van der Waals surface area contributed by atoms with Gasteiger partial charge in [-0.3, -0.25) is 19.0 Å². The van der Waals surface area contributed by atoms with E-state index in [0.29, 0.717) is 63.1 Å². The van der Waals surface area contributed by atoms with Crippen molar-refractivity contribution in [3.05, 3.63) is 62.2 Å². The normalized spacial score (nSPS) is 20.9. The monoisotopic (exact) mass is 416 g/mol. The van der Waals surface area contributed by atoms with Gasteiger partial charge in [-0.1, -0.05) is 12.1 Å². The van der Waals surface area contributed by atoms with Crippen molar-refractivity contribution >= 4 is 5.91 Å². The highest BCUT2D eigenvalue weighted by molar-refractivity contribution is 5.88. The fourth-order valence-corrected chi connectivity index (χ4v) is 4.60. The molecule has 0 bridgehead atoms. The summed E-state index contributed by atoms with van der Waals surface area (Å²) in [5.41, 5.74) is -2.55. The largest absolute Gasteiger partial charge is 0.340 e. The predicted molar refractivity (Wildman–Crippen MR) is 103 cm³/mol. The highest BCUT2D eigenvalue weighted by atomic mass is 19.1. The summed E-state index contributed by atoms with van der Waals surface area (Å²) in [7, 11) is 0. The molecule has 0 N–H and O–H groups in total. The third kappa shape index (κ3) is 3.16. The second-order valence-corrected chi connectivity index (χ2v) is 8.83. The fraction of sp³-hybridized carbons (Fsp3) is 0.524. The Kier molecular flexibility index (Phi) is 4.20. The first-order valence-electron chi connectivity index (χ1n) is 10.2. The van der Waals surface area contributed by atoms with Gasteiger partial charge >= 0.3 is 11.1 Å². The van der Waals surface area contributed by atoms with E-state index in [9.17, 15) is 23.2 Å². The number of hydrogen-bond acceptors (Lipinski definition) is 4. The zero-order chi connectivity index (χ0) is 21.1. The number of halogens is 2. The molecular weight excluding hydrogens is 394 g/mol. The summed E-state index contributed by atoms with van der Waals surface area (Å²) in [5.74, 6) is -0.243. The molecule has 158 valence electrons. The third-order valence-electron chi connectivity index (χ3n) is 6.67. The van der Waals surface area contributed by atoms with Crippen LogP contribution in [0.4, 0.5) is 8.78 Å². The minimum atomic E-state index is -1.66. The van der Waals surface area contributed by atoms with E-state index in [0.717, 1.165) is 4.68 Å². The molecule has 1 amide bonds. The van der Waals surface area contributed by atoms with E-state index >= 15 is 0 Å². The van der Waals surface area contributed by atoms with Gasteiger partial charge in [0, 0.05) is 26.1 Å². The van der Waals surface area contributed by atoms with Crippen LogP contribution in [0.25, 0.3) is 0 Å². The summed E-state index contributed by atoms with van der Waals surface area (Å²) in [6.45, 7) is 1.39. The lowest BCUT2D eigenvalue weighted by atomic mass is 9.77. The maximum atomic E-state index is 14.1. The van der Waals surface area contributed by atoms with Gasteiger partial charge in [0.2, 0.25) is 0 Å². The van der Waals surface area contributed by atoms with E-state index in [2.05, 4.69) is 5.10 Å². The van der Waals surface area contributed by atoms with Crippen molar-refractivity contribution in [2.75, 3.05) is 13.1 Å². The third-order valence-corrected chi connectivity index (χ3v) is 6.67. The number of rotatable bonds is 3. The molecule has 1 aliphatic carbocycles. The van der Waals surface area contributed by atoms with E-state index in [1.807, 2.05) is 0 Å². The van der Waals surface area contributed by atoms with Crippen LogP contribution >= 0.6 is 0 Å². The molecule has 2 fully saturated rings. The van der Waals surface area contributed by atoms with Crippen molar-refractivity contribution in [3.63, 3.8) is 0 Å². The van der Waals surface area contributed by atoms with Gasteiger partial charge in [-0.2, -0.15) is 5.10 Å². The Bertz CT molecular complexity index is 1130. The summed E-state index contributed by atoms with van der Waals surface area (Å²) in [6.07, 6.45) is 2.43. The van der Waals surface area contributed by atoms with Crippen molar-refractivity contribution in [1.29, 1.82) is 0 Å². The average Bonchev–Trinajstić information content (AvgIpc) is 3.39. The van der Waals surface area contributed by atoms with Crippen LogP contribution in [-0.4, -0.2) is 43.9 Å². The number of hydrogen-bond donors (Lipinski definition) is 0. The lowest BCUT2D eigenvalue weighted by molar-refractivity contribution is -0.140. The lowest BCUT2D eigenvalue weighted by Crippen LogP contribution is -2.47. The number of carbonyl (C=O) groups is 1. The minimum Gasteiger partial charge on any atom is -0.340 e. The summed E-state index contributed by atoms with van der Waals surface area (Å²) < 4.78 is 29.8. The summed E-state index contributed by atoms with van der Waals surface area (Å²) in [5, 5.41) is 4.42. The number of alkyl halides is 1. The number of likely N-dealkylation sites (tertiary alicyclic amines) is 1. The molecule has 3 heterocycles. The first kappa shape index (κ1) is 19.1. The second-order valence-electron chi connectivity index (χ2n) is 8.83. The van der Waals surface area contributed by atoms with E-state index in [-0.39, 0.29) is 17.8 Å². The molecule has 2 aromatic rings. The maximum Gasteiger partial charge on any atom is 0.332 e. The van der Waals surface area contributed by atoms with Crippen molar-refractivity contribution in [3.8, 4) is 0 Å². The van der Waals surface area contributed by atoms with E-state index in [1.165, 1.54) is 16.7 Å². The van der Waals surface area contributed by atoms with Crippen LogP contribution in [-0.2, 0) is 24.3 Å². The number of amides is 1. The Morgan fingerprint density at radius 1 is 1.03 bits per heavy atom. The number of piperidine rings is 1. The van der Waals surface area contributed by atoms with E-state index in [1.54, 1.807) is 17.0 Å². The fourth-order valence-electron chi connectivity index (χ4n) is 4.60. The van der Waals surface area contributed by atoms with Crippen molar-refractivity contribution < 1.29 is 13.6 Å². The van der Waals surface area contributed by atoms with Gasteiger partial charge in [-0.05, 0) is 48.8 Å². The average molecular weight is 416 g/mol. The van der Waals surface area contributed by atoms with Gasteiger partial charge in [0.05, 0.1) is 6.54 Å². The van der Waals surface area contributed by atoms with Crippen LogP contribution in [0.1, 0.15) is 37.1 Å². The van der Waals surface area contributed by atoms with E-state index in [4.69, 9.17) is 0 Å². The quantitative estimate of drug-likeness (QED) is 0.706. The molecule has 5 rings (SSSR count). The summed E-state index contributed by atoms with van der Waals surface area (Å²) in [6, 6.07) is 5.71. The highest BCUT2D eigenvalue weighted by Crippen LogP contribution is 2.44. The first-order chi connectivity index (χ1) is 14.3. The first-order valence-corrected chi connectivity index (χ1v) is 10.2. The number of nitrogens with zero attached hydrogens (tertiary/aromatic N) is 4. The van der Waals surface area contributed by atoms with Crippen LogP contribution in [0, 0.1) is 11.2 Å². The van der Waals surface area contributed by atoms with Gasteiger partial charge in [-0.25, -0.2) is 13.5 Å². The Morgan fingerprint density at radius 2 is 1.70 bits per heavy atom. The minimum absolute atomic E-state index is 0.0933. The second kappa shape index (κ2) is 6.58. The molecule has 1 spiro atoms. The Morgan fingerprint density at radius 3 is 2.33 bits per heavy atom. The summed E-state index contributed by atoms with van der Waals surface area (Å²) >= 11 is 0. The molecule has 0 atom stereocenters. The van der Waals surface area contributed by atoms with Crippen molar-refractivity contribution in [2.24, 2.45) is 5.41 Å². The highest BCUT2D eigenvalue weighted by Gasteiger charge is 2.54. The maximum absolute atomic E-state index is 14.1. The zero-order valence-electron chi connectivity index (χ0n) is 16.4. The molecule has 1 aromatic heterocycles. The van der Waals surface area contributed by atoms with Gasteiger partial charge in [0.25, 0.3) is 5.91 Å². The van der Waals surface area contributed by atoms with Crippen molar-refractivity contribution in [1.82, 2.24) is 19.2 Å². The molecule has 1 saturated carbocycles. The molecular formula is C21H22F2N4O3. The van der Waals surface area contributed by atoms with Crippen LogP contribution in [0.3, 0.4) is 0 Å².